The number of rotatable bonds is 4. The Balaban J connectivity index is 2.83. The van der Waals surface area contributed by atoms with Crippen molar-refractivity contribution in [3.05, 3.63) is 18.0 Å². The van der Waals surface area contributed by atoms with Crippen molar-refractivity contribution in [3.63, 3.8) is 0 Å². The summed E-state index contributed by atoms with van der Waals surface area (Å²) < 4.78 is 0. The number of aromatic amines is 1. The number of anilines is 1. The van der Waals surface area contributed by atoms with E-state index in [4.69, 9.17) is 5.73 Å². The molecule has 0 radical (unpaired) electrons. The Morgan fingerprint density at radius 3 is 2.44 bits per heavy atom. The highest BCUT2D eigenvalue weighted by atomic mass is 16.2. The molecule has 1 aromatic rings. The van der Waals surface area contributed by atoms with Gasteiger partial charge in [-0.25, -0.2) is 0 Å². The molecular weight excluding hydrogens is 202 g/mol. The summed E-state index contributed by atoms with van der Waals surface area (Å²) in [5.41, 5.74) is 6.75. The van der Waals surface area contributed by atoms with Gasteiger partial charge < -0.3 is 15.6 Å². The highest BCUT2D eigenvalue weighted by Gasteiger charge is 2.20. The van der Waals surface area contributed by atoms with Crippen molar-refractivity contribution >= 4 is 11.6 Å². The first-order valence-electron chi connectivity index (χ1n) is 5.66. The molecule has 4 nitrogen and oxygen atoms in total. The number of nitrogens with one attached hydrogen (secondary N) is 1. The highest BCUT2D eigenvalue weighted by molar-refractivity contribution is 5.93. The fourth-order valence-corrected chi connectivity index (χ4v) is 1.61. The predicted molar refractivity (Wildman–Crippen MR) is 66.2 cm³/mol. The average molecular weight is 223 g/mol. The molecule has 0 aliphatic carbocycles. The van der Waals surface area contributed by atoms with Gasteiger partial charge in [0, 0.05) is 24.5 Å². The Morgan fingerprint density at radius 2 is 2.06 bits per heavy atom. The van der Waals surface area contributed by atoms with Crippen molar-refractivity contribution in [1.82, 2.24) is 9.88 Å². The topological polar surface area (TPSA) is 62.1 Å². The summed E-state index contributed by atoms with van der Waals surface area (Å²) in [5.74, 6) is 0.471. The second kappa shape index (κ2) is 5.05. The standard InChI is InChI=1S/C12H21N3O/c1-8(2)7-15(9(3)4)12(16)11-5-10(13)6-14-11/h5-6,8-9,14H,7,13H2,1-4H3. The first-order chi connectivity index (χ1) is 7.41. The number of nitrogen functional groups attached to an aromatic ring is 1. The zero-order valence-corrected chi connectivity index (χ0v) is 10.4. The summed E-state index contributed by atoms with van der Waals surface area (Å²) in [7, 11) is 0. The van der Waals surface area contributed by atoms with Crippen molar-refractivity contribution in [2.75, 3.05) is 12.3 Å². The van der Waals surface area contributed by atoms with E-state index in [9.17, 15) is 4.79 Å². The lowest BCUT2D eigenvalue weighted by molar-refractivity contribution is 0.0676. The van der Waals surface area contributed by atoms with Crippen LogP contribution in [0.2, 0.25) is 0 Å². The molecule has 1 amide bonds. The van der Waals surface area contributed by atoms with Crippen LogP contribution >= 0.6 is 0 Å². The van der Waals surface area contributed by atoms with Crippen LogP contribution in [0.5, 0.6) is 0 Å². The minimum absolute atomic E-state index is 0.0143. The summed E-state index contributed by atoms with van der Waals surface area (Å²) in [6.45, 7) is 9.01. The zero-order valence-electron chi connectivity index (χ0n) is 10.4. The number of nitrogens with zero attached hydrogens (tertiary/aromatic N) is 1. The Labute approximate surface area is 96.8 Å². The van der Waals surface area contributed by atoms with E-state index in [1.165, 1.54) is 0 Å². The van der Waals surface area contributed by atoms with Crippen molar-refractivity contribution < 1.29 is 4.79 Å². The van der Waals surface area contributed by atoms with E-state index < -0.39 is 0 Å². The molecule has 0 aliphatic rings. The third-order valence-corrected chi connectivity index (χ3v) is 2.38. The van der Waals surface area contributed by atoms with Gasteiger partial charge in [0.05, 0.1) is 0 Å². The van der Waals surface area contributed by atoms with Crippen LogP contribution < -0.4 is 5.73 Å². The van der Waals surface area contributed by atoms with Crippen molar-refractivity contribution in [1.29, 1.82) is 0 Å². The molecule has 0 spiro atoms. The normalized spacial score (nSPS) is 11.1. The van der Waals surface area contributed by atoms with Gasteiger partial charge in [-0.3, -0.25) is 4.79 Å². The summed E-state index contributed by atoms with van der Waals surface area (Å²) in [6, 6.07) is 1.87. The van der Waals surface area contributed by atoms with Crippen LogP contribution in [0.3, 0.4) is 0 Å². The fourth-order valence-electron chi connectivity index (χ4n) is 1.61. The van der Waals surface area contributed by atoms with Gasteiger partial charge in [-0.15, -0.1) is 0 Å². The molecule has 90 valence electrons. The van der Waals surface area contributed by atoms with Crippen LogP contribution in [0, 0.1) is 5.92 Å². The average Bonchev–Trinajstić information content (AvgIpc) is 2.59. The molecule has 0 atom stereocenters. The molecular formula is C12H21N3O. The van der Waals surface area contributed by atoms with Gasteiger partial charge in [-0.1, -0.05) is 13.8 Å². The molecule has 0 aromatic carbocycles. The largest absolute Gasteiger partial charge is 0.397 e. The minimum atomic E-state index is 0.0143. The van der Waals surface area contributed by atoms with Crippen LogP contribution in [0.25, 0.3) is 0 Å². The Morgan fingerprint density at radius 1 is 1.44 bits per heavy atom. The van der Waals surface area contributed by atoms with Crippen molar-refractivity contribution in [2.24, 2.45) is 5.92 Å². The third kappa shape index (κ3) is 3.02. The van der Waals surface area contributed by atoms with Gasteiger partial charge in [0.15, 0.2) is 0 Å². The van der Waals surface area contributed by atoms with Gasteiger partial charge in [-0.2, -0.15) is 0 Å². The lowest BCUT2D eigenvalue weighted by Crippen LogP contribution is -2.39. The van der Waals surface area contributed by atoms with Gasteiger partial charge in [-0.05, 0) is 25.8 Å². The maximum absolute atomic E-state index is 12.2. The first-order valence-corrected chi connectivity index (χ1v) is 5.66. The van der Waals surface area contributed by atoms with Crippen LogP contribution in [-0.4, -0.2) is 28.4 Å². The van der Waals surface area contributed by atoms with E-state index in [-0.39, 0.29) is 11.9 Å². The molecule has 0 saturated heterocycles. The number of carbonyl (C=O) groups is 1. The van der Waals surface area contributed by atoms with E-state index in [1.807, 2.05) is 18.7 Å². The fraction of sp³-hybridized carbons (Fsp3) is 0.583. The Bertz CT molecular complexity index is 355. The molecule has 16 heavy (non-hydrogen) atoms. The monoisotopic (exact) mass is 223 g/mol. The van der Waals surface area contributed by atoms with Crippen molar-refractivity contribution in [2.45, 2.75) is 33.7 Å². The van der Waals surface area contributed by atoms with Crippen molar-refractivity contribution in [3.8, 4) is 0 Å². The van der Waals surface area contributed by atoms with Crippen LogP contribution in [0.4, 0.5) is 5.69 Å². The Kier molecular flexibility index (Phi) is 3.99. The molecule has 0 saturated carbocycles. The Hall–Kier alpha value is -1.45. The van der Waals surface area contributed by atoms with Gasteiger partial charge >= 0.3 is 0 Å². The lowest BCUT2D eigenvalue weighted by Gasteiger charge is -2.28. The zero-order chi connectivity index (χ0) is 12.3. The molecule has 1 aromatic heterocycles. The van der Waals surface area contributed by atoms with Crippen LogP contribution in [-0.2, 0) is 0 Å². The number of carbonyl (C=O) groups excluding carboxylic acids is 1. The molecule has 4 heteroatoms. The quantitative estimate of drug-likeness (QED) is 0.821. The highest BCUT2D eigenvalue weighted by Crippen LogP contribution is 2.12. The smallest absolute Gasteiger partial charge is 0.270 e. The van der Waals surface area contributed by atoms with Gasteiger partial charge in [0.2, 0.25) is 0 Å². The number of nitrogens with two attached hydrogens (primary N) is 1. The SMILES string of the molecule is CC(C)CN(C(=O)c1cc(N)c[nH]1)C(C)C. The summed E-state index contributed by atoms with van der Waals surface area (Å²) >= 11 is 0. The van der Waals surface area contributed by atoms with Crippen LogP contribution in [0.1, 0.15) is 38.2 Å². The van der Waals surface area contributed by atoms with Gasteiger partial charge in [0.1, 0.15) is 5.69 Å². The van der Waals surface area contributed by atoms with Gasteiger partial charge in [0.25, 0.3) is 5.91 Å². The molecule has 1 heterocycles. The van der Waals surface area contributed by atoms with E-state index in [0.717, 1.165) is 6.54 Å². The second-order valence-corrected chi connectivity index (χ2v) is 4.79. The molecule has 0 aliphatic heterocycles. The number of H-pyrrole nitrogens is 1. The number of aromatic nitrogens is 1. The van der Waals surface area contributed by atoms with E-state index in [2.05, 4.69) is 18.8 Å². The predicted octanol–water partition coefficient (Wildman–Crippen LogP) is 2.10. The molecule has 0 bridgehead atoms. The maximum atomic E-state index is 12.2. The van der Waals surface area contributed by atoms with Crippen LogP contribution in [0.15, 0.2) is 12.3 Å². The number of amides is 1. The lowest BCUT2D eigenvalue weighted by atomic mass is 10.1. The third-order valence-electron chi connectivity index (χ3n) is 2.38. The van der Waals surface area contributed by atoms with E-state index in [0.29, 0.717) is 17.3 Å². The van der Waals surface area contributed by atoms with E-state index in [1.54, 1.807) is 12.3 Å². The molecule has 0 fully saturated rings. The first kappa shape index (κ1) is 12.6. The summed E-state index contributed by atoms with van der Waals surface area (Å²) in [6.07, 6.45) is 1.64. The minimum Gasteiger partial charge on any atom is -0.397 e. The summed E-state index contributed by atoms with van der Waals surface area (Å²) in [5, 5.41) is 0. The molecule has 1 rings (SSSR count). The molecule has 0 unspecified atom stereocenters. The second-order valence-electron chi connectivity index (χ2n) is 4.79. The maximum Gasteiger partial charge on any atom is 0.270 e. The number of hydrogen-bond donors (Lipinski definition) is 2. The molecule has 3 N–H and O–H groups in total. The summed E-state index contributed by atoms with van der Waals surface area (Å²) in [4.78, 5) is 16.9. The number of hydrogen-bond acceptors (Lipinski definition) is 2. The van der Waals surface area contributed by atoms with E-state index >= 15 is 0 Å².